The zero-order valence-corrected chi connectivity index (χ0v) is 19.3. The molecule has 5 heteroatoms. The van der Waals surface area contributed by atoms with Gasteiger partial charge < -0.3 is 9.47 Å². The van der Waals surface area contributed by atoms with Crippen molar-refractivity contribution >= 4 is 0 Å². The van der Waals surface area contributed by atoms with Gasteiger partial charge in [0.2, 0.25) is 0 Å². The first kappa shape index (κ1) is 25.1. The van der Waals surface area contributed by atoms with E-state index in [4.69, 9.17) is 9.47 Å². The molecule has 2 aromatic rings. The Kier molecular flexibility index (Phi) is 12.6. The topological polar surface area (TPSA) is 44.2 Å². The summed E-state index contributed by atoms with van der Waals surface area (Å²) < 4.78 is 25.2. The van der Waals surface area contributed by atoms with Crippen LogP contribution in [0.5, 0.6) is 11.5 Å². The number of unbranched alkanes of at least 4 members (excludes halogenated alkanes) is 8. The maximum absolute atomic E-state index is 13.9. The Morgan fingerprint density at radius 3 is 2.03 bits per heavy atom. The summed E-state index contributed by atoms with van der Waals surface area (Å²) in [6, 6.07) is 7.82. The average Bonchev–Trinajstić information content (AvgIpc) is 2.81. The Labute approximate surface area is 187 Å². The lowest BCUT2D eigenvalue weighted by molar-refractivity contribution is 0.183. The second-order valence-electron chi connectivity index (χ2n) is 8.14. The predicted molar refractivity (Wildman–Crippen MR) is 125 cm³/mol. The molecule has 0 N–H and O–H groups in total. The Hall–Kier alpha value is -2.17. The summed E-state index contributed by atoms with van der Waals surface area (Å²) in [5, 5.41) is 0. The van der Waals surface area contributed by atoms with E-state index in [1.54, 1.807) is 12.4 Å². The minimum absolute atomic E-state index is 0.0550. The fourth-order valence-electron chi connectivity index (χ4n) is 3.38. The highest BCUT2D eigenvalue weighted by Gasteiger charge is 2.08. The number of hydrogen-bond acceptors (Lipinski definition) is 4. The van der Waals surface area contributed by atoms with Crippen molar-refractivity contribution in [3.63, 3.8) is 0 Å². The zero-order valence-electron chi connectivity index (χ0n) is 19.3. The van der Waals surface area contributed by atoms with Gasteiger partial charge in [0.15, 0.2) is 11.6 Å². The number of rotatable bonds is 17. The molecule has 0 aliphatic heterocycles. The largest absolute Gasteiger partial charge is 0.494 e. The van der Waals surface area contributed by atoms with E-state index >= 15 is 0 Å². The maximum atomic E-state index is 13.9. The summed E-state index contributed by atoms with van der Waals surface area (Å²) in [4.78, 5) is 8.71. The molecule has 0 spiro atoms. The molecule has 0 unspecified atom stereocenters. The Morgan fingerprint density at radius 1 is 0.742 bits per heavy atom. The summed E-state index contributed by atoms with van der Waals surface area (Å²) in [7, 11) is 0. The minimum atomic E-state index is -0.944. The second kappa shape index (κ2) is 15.6. The van der Waals surface area contributed by atoms with Crippen LogP contribution in [0, 0.1) is 0 Å². The van der Waals surface area contributed by atoms with E-state index in [1.165, 1.54) is 32.1 Å². The SMILES string of the molecule is CCCCCCCCOc1ccc(-c2ncc(OC[C@@H](F)CCCCCC)cn2)cc1. The first-order chi connectivity index (χ1) is 15.2. The molecular weight excluding hydrogens is 391 g/mol. The summed E-state index contributed by atoms with van der Waals surface area (Å²) in [5.41, 5.74) is 0.915. The van der Waals surface area contributed by atoms with Crippen LogP contribution in [-0.4, -0.2) is 29.4 Å². The molecule has 0 bridgehead atoms. The van der Waals surface area contributed by atoms with Gasteiger partial charge >= 0.3 is 0 Å². The smallest absolute Gasteiger partial charge is 0.159 e. The third kappa shape index (κ3) is 10.6. The van der Waals surface area contributed by atoms with E-state index in [0.717, 1.165) is 50.0 Å². The molecule has 31 heavy (non-hydrogen) atoms. The molecule has 1 atom stereocenters. The van der Waals surface area contributed by atoms with E-state index in [-0.39, 0.29) is 6.61 Å². The number of alkyl halides is 1. The molecule has 0 radical (unpaired) electrons. The van der Waals surface area contributed by atoms with Crippen LogP contribution in [0.1, 0.15) is 84.5 Å². The summed E-state index contributed by atoms with van der Waals surface area (Å²) >= 11 is 0. The van der Waals surface area contributed by atoms with Crippen LogP contribution in [0.2, 0.25) is 0 Å². The van der Waals surface area contributed by atoms with E-state index in [9.17, 15) is 4.39 Å². The fraction of sp³-hybridized carbons (Fsp3) is 0.615. The molecule has 1 aromatic heterocycles. The molecule has 0 aliphatic carbocycles. The minimum Gasteiger partial charge on any atom is -0.494 e. The van der Waals surface area contributed by atoms with Crippen molar-refractivity contribution in [1.29, 1.82) is 0 Å². The van der Waals surface area contributed by atoms with E-state index < -0.39 is 6.17 Å². The van der Waals surface area contributed by atoms with Crippen LogP contribution in [0.15, 0.2) is 36.7 Å². The van der Waals surface area contributed by atoms with Crippen molar-refractivity contribution in [3.05, 3.63) is 36.7 Å². The summed E-state index contributed by atoms with van der Waals surface area (Å²) in [5.74, 6) is 1.98. The first-order valence-electron chi connectivity index (χ1n) is 12.0. The highest BCUT2D eigenvalue weighted by molar-refractivity contribution is 5.56. The number of hydrogen-bond donors (Lipinski definition) is 0. The number of benzene rings is 1. The van der Waals surface area contributed by atoms with Gasteiger partial charge in [-0.25, -0.2) is 14.4 Å². The highest BCUT2D eigenvalue weighted by Crippen LogP contribution is 2.21. The molecule has 1 aromatic carbocycles. The highest BCUT2D eigenvalue weighted by atomic mass is 19.1. The molecule has 0 fully saturated rings. The molecular formula is C26H39FN2O2. The molecule has 0 amide bonds. The second-order valence-corrected chi connectivity index (χ2v) is 8.14. The van der Waals surface area contributed by atoms with E-state index in [2.05, 4.69) is 23.8 Å². The lowest BCUT2D eigenvalue weighted by atomic mass is 10.1. The molecule has 0 aliphatic rings. The van der Waals surface area contributed by atoms with Crippen LogP contribution in [0.25, 0.3) is 11.4 Å². The standard InChI is InChI=1S/C26H39FN2O2/c1-3-5-7-9-10-12-18-30-24-16-14-22(15-17-24)26-28-19-25(20-29-26)31-21-23(27)13-11-8-6-4-2/h14-17,19-20,23H,3-13,18,21H2,1-2H3/t23-/m0/s1. The third-order valence-electron chi connectivity index (χ3n) is 5.31. The maximum Gasteiger partial charge on any atom is 0.159 e. The van der Waals surface area contributed by atoms with Crippen molar-refractivity contribution in [3.8, 4) is 22.9 Å². The van der Waals surface area contributed by atoms with E-state index in [0.29, 0.717) is 18.0 Å². The van der Waals surface area contributed by atoms with Gasteiger partial charge in [0, 0.05) is 5.56 Å². The van der Waals surface area contributed by atoms with Crippen molar-refractivity contribution in [1.82, 2.24) is 9.97 Å². The zero-order chi connectivity index (χ0) is 22.2. The van der Waals surface area contributed by atoms with Gasteiger partial charge in [0.25, 0.3) is 0 Å². The quantitative estimate of drug-likeness (QED) is 0.243. The van der Waals surface area contributed by atoms with Crippen molar-refractivity contribution in [2.24, 2.45) is 0 Å². The normalized spacial score (nSPS) is 12.0. The number of ether oxygens (including phenoxy) is 2. The van der Waals surface area contributed by atoms with Gasteiger partial charge in [0.05, 0.1) is 19.0 Å². The van der Waals surface area contributed by atoms with Gasteiger partial charge in [-0.2, -0.15) is 0 Å². The van der Waals surface area contributed by atoms with Gasteiger partial charge in [-0.15, -0.1) is 0 Å². The number of halogens is 1. The number of nitrogens with zero attached hydrogens (tertiary/aromatic N) is 2. The van der Waals surface area contributed by atoms with Crippen LogP contribution in [-0.2, 0) is 0 Å². The lowest BCUT2D eigenvalue weighted by Crippen LogP contribution is -2.13. The molecule has 1 heterocycles. The van der Waals surface area contributed by atoms with Crippen LogP contribution in [0.4, 0.5) is 4.39 Å². The number of aromatic nitrogens is 2. The molecule has 0 saturated carbocycles. The van der Waals surface area contributed by atoms with Crippen LogP contribution >= 0.6 is 0 Å². The first-order valence-corrected chi connectivity index (χ1v) is 12.0. The van der Waals surface area contributed by atoms with Crippen molar-refractivity contribution in [2.45, 2.75) is 90.6 Å². The van der Waals surface area contributed by atoms with Gasteiger partial charge in [-0.1, -0.05) is 71.6 Å². The summed E-state index contributed by atoms with van der Waals surface area (Å²) in [6.45, 7) is 5.19. The van der Waals surface area contributed by atoms with Crippen LogP contribution in [0.3, 0.4) is 0 Å². The molecule has 2 rings (SSSR count). The van der Waals surface area contributed by atoms with Crippen LogP contribution < -0.4 is 9.47 Å². The lowest BCUT2D eigenvalue weighted by Gasteiger charge is -2.10. The monoisotopic (exact) mass is 430 g/mol. The Bertz CT molecular complexity index is 692. The van der Waals surface area contributed by atoms with Gasteiger partial charge in [0.1, 0.15) is 18.5 Å². The molecule has 4 nitrogen and oxygen atoms in total. The van der Waals surface area contributed by atoms with Gasteiger partial charge in [-0.05, 0) is 37.1 Å². The predicted octanol–water partition coefficient (Wildman–Crippen LogP) is 7.57. The van der Waals surface area contributed by atoms with Crippen molar-refractivity contribution in [2.75, 3.05) is 13.2 Å². The third-order valence-corrected chi connectivity index (χ3v) is 5.31. The Balaban J connectivity index is 1.69. The molecule has 0 saturated heterocycles. The fourth-order valence-corrected chi connectivity index (χ4v) is 3.38. The Morgan fingerprint density at radius 2 is 1.35 bits per heavy atom. The molecule has 172 valence electrons. The summed E-state index contributed by atoms with van der Waals surface area (Å²) in [6.07, 6.45) is 14.7. The average molecular weight is 431 g/mol. The van der Waals surface area contributed by atoms with Gasteiger partial charge in [-0.3, -0.25) is 0 Å². The van der Waals surface area contributed by atoms with Crippen molar-refractivity contribution < 1.29 is 13.9 Å². The van der Waals surface area contributed by atoms with E-state index in [1.807, 2.05) is 24.3 Å².